The number of ether oxygens (including phenoxy) is 1. The fraction of sp³-hybridized carbons (Fsp3) is 0.292. The SMILES string of the molecule is Cc1ccc(Oc2ccc(-c3nn([C@H]4CC[C@@H](C)N(C#N)C4)c4ncnc(N)c34)cc2)nc1. The maximum absolute atomic E-state index is 9.50. The minimum Gasteiger partial charge on any atom is -0.439 e. The minimum atomic E-state index is 0.0293. The lowest BCUT2D eigenvalue weighted by Gasteiger charge is -2.34. The van der Waals surface area contributed by atoms with Crippen molar-refractivity contribution in [2.45, 2.75) is 38.8 Å². The van der Waals surface area contributed by atoms with Crippen LogP contribution in [0.2, 0.25) is 0 Å². The monoisotopic (exact) mass is 440 g/mol. The van der Waals surface area contributed by atoms with Crippen molar-refractivity contribution in [3.8, 4) is 29.1 Å². The van der Waals surface area contributed by atoms with Crippen molar-refractivity contribution in [1.29, 1.82) is 5.26 Å². The Morgan fingerprint density at radius 1 is 1.09 bits per heavy atom. The van der Waals surface area contributed by atoms with E-state index in [2.05, 4.69) is 28.1 Å². The second-order valence-electron chi connectivity index (χ2n) is 8.38. The van der Waals surface area contributed by atoms with Crippen molar-refractivity contribution >= 4 is 16.9 Å². The second-order valence-corrected chi connectivity index (χ2v) is 8.38. The van der Waals surface area contributed by atoms with Gasteiger partial charge in [-0.1, -0.05) is 6.07 Å². The summed E-state index contributed by atoms with van der Waals surface area (Å²) in [6.45, 7) is 4.65. The molecule has 5 rings (SSSR count). The predicted octanol–water partition coefficient (Wildman–Crippen LogP) is 4.08. The summed E-state index contributed by atoms with van der Waals surface area (Å²) in [7, 11) is 0. The van der Waals surface area contributed by atoms with Gasteiger partial charge >= 0.3 is 0 Å². The number of pyridine rings is 1. The Hall–Kier alpha value is -4.19. The highest BCUT2D eigenvalue weighted by atomic mass is 16.5. The normalized spacial score (nSPS) is 18.3. The van der Waals surface area contributed by atoms with Gasteiger partial charge < -0.3 is 15.4 Å². The first-order chi connectivity index (χ1) is 16.0. The number of hydrogen-bond donors (Lipinski definition) is 1. The van der Waals surface area contributed by atoms with Crippen LogP contribution >= 0.6 is 0 Å². The van der Waals surface area contributed by atoms with Gasteiger partial charge in [-0.3, -0.25) is 0 Å². The van der Waals surface area contributed by atoms with Gasteiger partial charge in [0.1, 0.15) is 23.6 Å². The number of aromatic nitrogens is 5. The maximum Gasteiger partial charge on any atom is 0.219 e. The topological polar surface area (TPSA) is 119 Å². The first-order valence-corrected chi connectivity index (χ1v) is 10.9. The van der Waals surface area contributed by atoms with Gasteiger partial charge in [0, 0.05) is 23.9 Å². The van der Waals surface area contributed by atoms with Crippen LogP contribution in [0.15, 0.2) is 48.9 Å². The lowest BCUT2D eigenvalue weighted by atomic mass is 10.0. The average molecular weight is 441 g/mol. The number of nitrogen functional groups attached to an aromatic ring is 1. The van der Waals surface area contributed by atoms with Crippen LogP contribution in [0.5, 0.6) is 11.6 Å². The van der Waals surface area contributed by atoms with Crippen molar-refractivity contribution in [2.75, 3.05) is 12.3 Å². The summed E-state index contributed by atoms with van der Waals surface area (Å²) in [6.07, 6.45) is 7.35. The van der Waals surface area contributed by atoms with Crippen molar-refractivity contribution < 1.29 is 4.74 Å². The van der Waals surface area contributed by atoms with Gasteiger partial charge in [-0.2, -0.15) is 10.4 Å². The molecule has 0 unspecified atom stereocenters. The smallest absolute Gasteiger partial charge is 0.219 e. The lowest BCUT2D eigenvalue weighted by molar-refractivity contribution is 0.179. The molecule has 1 saturated heterocycles. The number of nitrogens with zero attached hydrogens (tertiary/aromatic N) is 7. The molecule has 33 heavy (non-hydrogen) atoms. The second kappa shape index (κ2) is 8.39. The van der Waals surface area contributed by atoms with Gasteiger partial charge in [-0.25, -0.2) is 19.6 Å². The number of aryl methyl sites for hydroxylation is 1. The van der Waals surface area contributed by atoms with Crippen LogP contribution in [0, 0.1) is 18.4 Å². The Morgan fingerprint density at radius 3 is 2.64 bits per heavy atom. The molecule has 3 aromatic heterocycles. The van der Waals surface area contributed by atoms with E-state index >= 15 is 0 Å². The van der Waals surface area contributed by atoms with Gasteiger partial charge in [0.05, 0.1) is 18.0 Å². The summed E-state index contributed by atoms with van der Waals surface area (Å²) >= 11 is 0. The molecule has 9 heteroatoms. The van der Waals surface area contributed by atoms with Crippen molar-refractivity contribution in [3.63, 3.8) is 0 Å². The molecule has 0 bridgehead atoms. The van der Waals surface area contributed by atoms with Gasteiger partial charge in [0.15, 0.2) is 11.8 Å². The maximum atomic E-state index is 9.50. The molecular formula is C24H24N8O. The summed E-state index contributed by atoms with van der Waals surface area (Å²) in [5.74, 6) is 1.59. The van der Waals surface area contributed by atoms with Gasteiger partial charge in [-0.05, 0) is 56.5 Å². The molecule has 9 nitrogen and oxygen atoms in total. The Morgan fingerprint density at radius 2 is 1.91 bits per heavy atom. The van der Waals surface area contributed by atoms with E-state index in [0.29, 0.717) is 40.7 Å². The molecule has 0 radical (unpaired) electrons. The molecule has 0 aliphatic carbocycles. The highest BCUT2D eigenvalue weighted by Crippen LogP contribution is 2.35. The molecule has 1 aromatic carbocycles. The van der Waals surface area contributed by atoms with E-state index in [1.807, 2.05) is 48.0 Å². The number of rotatable bonds is 4. The molecule has 0 spiro atoms. The number of likely N-dealkylation sites (tertiary alicyclic amines) is 1. The standard InChI is InChI=1S/C24H24N8O/c1-15-3-10-20(27-11-15)33-19-8-5-17(6-9-19)22-21-23(26)28-14-29-24(21)32(30-22)18-7-4-16(2)31(12-18)13-25/h3,5-6,8-11,14,16,18H,4,7,12H2,1-2H3,(H2,26,28,29)/t16-,18+/m1/s1. The number of fused-ring (bicyclic) bond motifs is 1. The number of hydrogen-bond acceptors (Lipinski definition) is 8. The zero-order valence-corrected chi connectivity index (χ0v) is 18.5. The zero-order chi connectivity index (χ0) is 22.9. The van der Waals surface area contributed by atoms with E-state index in [9.17, 15) is 5.26 Å². The third-order valence-corrected chi connectivity index (χ3v) is 6.08. The van der Waals surface area contributed by atoms with Crippen LogP contribution in [0.3, 0.4) is 0 Å². The van der Waals surface area contributed by atoms with Gasteiger partial charge in [0.25, 0.3) is 0 Å². The lowest BCUT2D eigenvalue weighted by Crippen LogP contribution is -2.39. The van der Waals surface area contributed by atoms with Crippen LogP contribution in [0.25, 0.3) is 22.3 Å². The van der Waals surface area contributed by atoms with Crippen molar-refractivity contribution in [2.24, 2.45) is 0 Å². The number of benzene rings is 1. The molecule has 4 aromatic rings. The molecule has 0 saturated carbocycles. The summed E-state index contributed by atoms with van der Waals surface area (Å²) in [5, 5.41) is 15.1. The predicted molar refractivity (Wildman–Crippen MR) is 124 cm³/mol. The molecule has 0 amide bonds. The summed E-state index contributed by atoms with van der Waals surface area (Å²) in [4.78, 5) is 14.8. The quantitative estimate of drug-likeness (QED) is 0.472. The van der Waals surface area contributed by atoms with E-state index in [0.717, 1.165) is 24.0 Å². The Kier molecular flexibility index (Phi) is 5.26. The molecule has 166 valence electrons. The highest BCUT2D eigenvalue weighted by Gasteiger charge is 2.29. The van der Waals surface area contributed by atoms with Crippen LogP contribution in [-0.2, 0) is 0 Å². The first kappa shape index (κ1) is 20.7. The van der Waals surface area contributed by atoms with Crippen molar-refractivity contribution in [1.82, 2.24) is 29.6 Å². The van der Waals surface area contributed by atoms with E-state index in [1.54, 1.807) is 11.1 Å². The van der Waals surface area contributed by atoms with E-state index < -0.39 is 0 Å². The third-order valence-electron chi connectivity index (χ3n) is 6.08. The molecule has 1 fully saturated rings. The summed E-state index contributed by atoms with van der Waals surface area (Å²) in [6, 6.07) is 11.7. The third kappa shape index (κ3) is 3.91. The molecule has 2 atom stereocenters. The van der Waals surface area contributed by atoms with E-state index in [-0.39, 0.29) is 12.1 Å². The molecule has 2 N–H and O–H groups in total. The fourth-order valence-electron chi connectivity index (χ4n) is 4.19. The largest absolute Gasteiger partial charge is 0.439 e. The zero-order valence-electron chi connectivity index (χ0n) is 18.5. The highest BCUT2D eigenvalue weighted by molar-refractivity contribution is 5.98. The van der Waals surface area contributed by atoms with Gasteiger partial charge in [-0.15, -0.1) is 0 Å². The Bertz CT molecular complexity index is 1320. The molecular weight excluding hydrogens is 416 g/mol. The van der Waals surface area contributed by atoms with Crippen LogP contribution in [0.4, 0.5) is 5.82 Å². The van der Waals surface area contributed by atoms with Crippen LogP contribution < -0.4 is 10.5 Å². The minimum absolute atomic E-state index is 0.0293. The molecule has 1 aliphatic heterocycles. The number of anilines is 1. The first-order valence-electron chi connectivity index (χ1n) is 10.9. The van der Waals surface area contributed by atoms with E-state index in [4.69, 9.17) is 15.6 Å². The Balaban J connectivity index is 1.49. The average Bonchev–Trinajstić information content (AvgIpc) is 3.22. The number of nitrogens with two attached hydrogens (primary N) is 1. The van der Waals surface area contributed by atoms with E-state index in [1.165, 1.54) is 6.33 Å². The van der Waals surface area contributed by atoms with Crippen molar-refractivity contribution in [3.05, 3.63) is 54.5 Å². The Labute approximate surface area is 191 Å². The fourth-order valence-corrected chi connectivity index (χ4v) is 4.19. The van der Waals surface area contributed by atoms with Crippen LogP contribution in [-0.4, -0.2) is 42.2 Å². The summed E-state index contributed by atoms with van der Waals surface area (Å²) < 4.78 is 7.75. The number of nitriles is 1. The molecule has 4 heterocycles. The molecule has 1 aliphatic rings. The number of piperidine rings is 1. The van der Waals surface area contributed by atoms with Gasteiger partial charge in [0.2, 0.25) is 5.88 Å². The summed E-state index contributed by atoms with van der Waals surface area (Å²) in [5.41, 5.74) is 9.60. The van der Waals surface area contributed by atoms with Crippen LogP contribution in [0.1, 0.15) is 31.4 Å².